The maximum atomic E-state index is 14.1. The van der Waals surface area contributed by atoms with Crippen molar-refractivity contribution in [2.75, 3.05) is 18.0 Å². The predicted molar refractivity (Wildman–Crippen MR) is 69.0 cm³/mol. The second-order valence-corrected chi connectivity index (χ2v) is 4.87. The summed E-state index contributed by atoms with van der Waals surface area (Å²) in [5.41, 5.74) is 0.537. The first kappa shape index (κ1) is 12.6. The molecule has 0 spiro atoms. The highest BCUT2D eigenvalue weighted by Gasteiger charge is 2.22. The Morgan fingerprint density at radius 3 is 3.12 bits per heavy atom. The zero-order valence-electron chi connectivity index (χ0n) is 10.1. The number of piperidine rings is 1. The number of anilines is 1. The zero-order valence-corrected chi connectivity index (χ0v) is 10.9. The Labute approximate surface area is 107 Å². The second kappa shape index (κ2) is 5.67. The maximum absolute atomic E-state index is 14.1. The number of hydrogen-bond donors (Lipinski definition) is 0. The molecule has 1 saturated heterocycles. The summed E-state index contributed by atoms with van der Waals surface area (Å²) in [4.78, 5) is 6.23. The largest absolute Gasteiger partial charge is 0.354 e. The van der Waals surface area contributed by atoms with E-state index in [9.17, 15) is 4.39 Å². The smallest absolute Gasteiger partial charge is 0.170 e. The van der Waals surface area contributed by atoms with Gasteiger partial charge in [0.1, 0.15) is 0 Å². The van der Waals surface area contributed by atoms with E-state index < -0.39 is 0 Å². The highest BCUT2D eigenvalue weighted by molar-refractivity contribution is 6.17. The van der Waals surface area contributed by atoms with Gasteiger partial charge in [-0.05, 0) is 24.8 Å². The van der Waals surface area contributed by atoms with Crippen LogP contribution in [0.3, 0.4) is 0 Å². The van der Waals surface area contributed by atoms with Crippen molar-refractivity contribution in [2.45, 2.75) is 32.1 Å². The summed E-state index contributed by atoms with van der Waals surface area (Å²) in [6, 6.07) is 1.65. The molecule has 0 amide bonds. The van der Waals surface area contributed by atoms with Gasteiger partial charge >= 0.3 is 0 Å². The monoisotopic (exact) mass is 256 g/mol. The first-order chi connectivity index (χ1) is 8.26. The minimum Gasteiger partial charge on any atom is -0.354 e. The standard InChI is InChI=1S/C13H18ClFN2/c1-2-10-4-3-7-17(9-10)13-12(15)11(8-14)5-6-16-13/h5-6,10H,2-4,7-9H2,1H3. The van der Waals surface area contributed by atoms with E-state index in [0.717, 1.165) is 25.9 Å². The van der Waals surface area contributed by atoms with Crippen molar-refractivity contribution in [2.24, 2.45) is 5.92 Å². The molecule has 1 aliphatic rings. The molecule has 1 atom stereocenters. The van der Waals surface area contributed by atoms with Crippen LogP contribution < -0.4 is 4.90 Å². The van der Waals surface area contributed by atoms with Gasteiger partial charge in [-0.1, -0.05) is 13.3 Å². The average molecular weight is 257 g/mol. The number of halogens is 2. The molecule has 0 aromatic carbocycles. The van der Waals surface area contributed by atoms with E-state index in [0.29, 0.717) is 17.3 Å². The van der Waals surface area contributed by atoms with E-state index in [1.54, 1.807) is 12.3 Å². The summed E-state index contributed by atoms with van der Waals surface area (Å²) in [5, 5.41) is 0. The molecule has 1 aromatic rings. The molecule has 1 aromatic heterocycles. The van der Waals surface area contributed by atoms with Crippen molar-refractivity contribution in [3.63, 3.8) is 0 Å². The fraction of sp³-hybridized carbons (Fsp3) is 0.615. The Balaban J connectivity index is 2.21. The lowest BCUT2D eigenvalue weighted by atomic mass is 9.95. The molecule has 0 aliphatic carbocycles. The summed E-state index contributed by atoms with van der Waals surface area (Å²) in [5.74, 6) is 1.08. The third-order valence-electron chi connectivity index (χ3n) is 3.49. The minimum atomic E-state index is -0.251. The highest BCUT2D eigenvalue weighted by atomic mass is 35.5. The maximum Gasteiger partial charge on any atom is 0.170 e. The zero-order chi connectivity index (χ0) is 12.3. The number of nitrogens with zero attached hydrogens (tertiary/aromatic N) is 2. The molecule has 4 heteroatoms. The van der Waals surface area contributed by atoms with Gasteiger partial charge in [0.2, 0.25) is 0 Å². The number of rotatable bonds is 3. The van der Waals surface area contributed by atoms with E-state index in [2.05, 4.69) is 16.8 Å². The van der Waals surface area contributed by atoms with E-state index in [1.807, 2.05) is 0 Å². The van der Waals surface area contributed by atoms with E-state index in [4.69, 9.17) is 11.6 Å². The lowest BCUT2D eigenvalue weighted by molar-refractivity contribution is 0.399. The molecule has 0 bridgehead atoms. The average Bonchev–Trinajstić information content (AvgIpc) is 2.39. The van der Waals surface area contributed by atoms with Gasteiger partial charge in [0.15, 0.2) is 11.6 Å². The Morgan fingerprint density at radius 1 is 1.59 bits per heavy atom. The molecular formula is C13H18ClFN2. The van der Waals surface area contributed by atoms with Gasteiger partial charge < -0.3 is 4.90 Å². The molecule has 0 radical (unpaired) electrons. The summed E-state index contributed by atoms with van der Waals surface area (Å²) in [6.45, 7) is 3.99. The van der Waals surface area contributed by atoms with Gasteiger partial charge in [0.25, 0.3) is 0 Å². The molecule has 2 heterocycles. The van der Waals surface area contributed by atoms with Crippen LogP contribution >= 0.6 is 11.6 Å². The fourth-order valence-corrected chi connectivity index (χ4v) is 2.59. The summed E-state index contributed by atoms with van der Waals surface area (Å²) >= 11 is 5.71. The topological polar surface area (TPSA) is 16.1 Å². The SMILES string of the molecule is CCC1CCCN(c2nccc(CCl)c2F)C1. The van der Waals surface area contributed by atoms with Crippen molar-refractivity contribution >= 4 is 17.4 Å². The van der Waals surface area contributed by atoms with Crippen molar-refractivity contribution in [1.29, 1.82) is 0 Å². The Hall–Kier alpha value is -0.830. The van der Waals surface area contributed by atoms with Crippen molar-refractivity contribution in [3.8, 4) is 0 Å². The van der Waals surface area contributed by atoms with Crippen LogP contribution in [0.25, 0.3) is 0 Å². The minimum absolute atomic E-state index is 0.201. The van der Waals surface area contributed by atoms with Gasteiger partial charge in [0.05, 0.1) is 5.88 Å². The first-order valence-electron chi connectivity index (χ1n) is 6.20. The van der Waals surface area contributed by atoms with Crippen LogP contribution in [0.15, 0.2) is 12.3 Å². The van der Waals surface area contributed by atoms with Crippen LogP contribution in [0, 0.1) is 11.7 Å². The Morgan fingerprint density at radius 2 is 2.41 bits per heavy atom. The predicted octanol–water partition coefficient (Wildman–Crippen LogP) is 3.59. The third kappa shape index (κ3) is 2.71. The fourth-order valence-electron chi connectivity index (χ4n) is 2.39. The number of hydrogen-bond acceptors (Lipinski definition) is 2. The van der Waals surface area contributed by atoms with E-state index in [-0.39, 0.29) is 11.7 Å². The third-order valence-corrected chi connectivity index (χ3v) is 3.78. The molecule has 1 unspecified atom stereocenters. The summed E-state index contributed by atoms with van der Waals surface area (Å²) in [6.07, 6.45) is 5.15. The number of pyridine rings is 1. The Bertz CT molecular complexity index is 384. The highest BCUT2D eigenvalue weighted by Crippen LogP contribution is 2.27. The van der Waals surface area contributed by atoms with E-state index >= 15 is 0 Å². The van der Waals surface area contributed by atoms with Crippen molar-refractivity contribution in [3.05, 3.63) is 23.6 Å². The van der Waals surface area contributed by atoms with Gasteiger partial charge in [-0.3, -0.25) is 0 Å². The van der Waals surface area contributed by atoms with Gasteiger partial charge in [0, 0.05) is 24.8 Å². The molecule has 2 nitrogen and oxygen atoms in total. The normalized spacial score (nSPS) is 20.6. The summed E-state index contributed by atoms with van der Waals surface area (Å²) < 4.78 is 14.1. The lowest BCUT2D eigenvalue weighted by Crippen LogP contribution is -2.36. The summed E-state index contributed by atoms with van der Waals surface area (Å²) in [7, 11) is 0. The molecule has 1 aliphatic heterocycles. The van der Waals surface area contributed by atoms with Crippen LogP contribution in [0.4, 0.5) is 10.2 Å². The first-order valence-corrected chi connectivity index (χ1v) is 6.74. The molecule has 2 rings (SSSR count). The van der Waals surface area contributed by atoms with Gasteiger partial charge in [-0.2, -0.15) is 0 Å². The van der Waals surface area contributed by atoms with Crippen LogP contribution in [0.1, 0.15) is 31.7 Å². The molecule has 1 fully saturated rings. The van der Waals surface area contributed by atoms with Gasteiger partial charge in [-0.15, -0.1) is 11.6 Å². The van der Waals surface area contributed by atoms with E-state index in [1.165, 1.54) is 6.42 Å². The van der Waals surface area contributed by atoms with Gasteiger partial charge in [-0.25, -0.2) is 9.37 Å². The van der Waals surface area contributed by atoms with Crippen LogP contribution in [0.5, 0.6) is 0 Å². The molecule has 94 valence electrons. The number of aromatic nitrogens is 1. The lowest BCUT2D eigenvalue weighted by Gasteiger charge is -2.33. The van der Waals surface area contributed by atoms with Crippen LogP contribution in [0.2, 0.25) is 0 Å². The second-order valence-electron chi connectivity index (χ2n) is 4.60. The van der Waals surface area contributed by atoms with Crippen molar-refractivity contribution < 1.29 is 4.39 Å². The Kier molecular flexibility index (Phi) is 4.21. The van der Waals surface area contributed by atoms with Crippen molar-refractivity contribution in [1.82, 2.24) is 4.98 Å². The van der Waals surface area contributed by atoms with Crippen LogP contribution in [-0.2, 0) is 5.88 Å². The quantitative estimate of drug-likeness (QED) is 0.769. The number of alkyl halides is 1. The van der Waals surface area contributed by atoms with Crippen LogP contribution in [-0.4, -0.2) is 18.1 Å². The molecule has 0 N–H and O–H groups in total. The molecule has 17 heavy (non-hydrogen) atoms. The molecular weight excluding hydrogens is 239 g/mol. The molecule has 0 saturated carbocycles.